The first kappa shape index (κ1) is 13.1. The number of likely N-dealkylation sites (tertiary alicyclic amines) is 1. The van der Waals surface area contributed by atoms with Crippen LogP contribution in [0.15, 0.2) is 30.3 Å². The molecule has 0 aliphatic carbocycles. The molecule has 4 nitrogen and oxygen atoms in total. The predicted molar refractivity (Wildman–Crippen MR) is 70.3 cm³/mol. The van der Waals surface area contributed by atoms with Crippen molar-refractivity contribution in [3.05, 3.63) is 35.9 Å². The molecule has 1 aliphatic heterocycles. The van der Waals surface area contributed by atoms with Gasteiger partial charge in [0, 0.05) is 13.1 Å². The average molecular weight is 248 g/mol. The summed E-state index contributed by atoms with van der Waals surface area (Å²) in [6, 6.07) is 10.5. The zero-order valence-corrected chi connectivity index (χ0v) is 10.5. The van der Waals surface area contributed by atoms with Crippen LogP contribution in [0.4, 0.5) is 0 Å². The van der Waals surface area contributed by atoms with Crippen LogP contribution in [0.5, 0.6) is 0 Å². The summed E-state index contributed by atoms with van der Waals surface area (Å²) in [6.07, 6.45) is 1.15. The SMILES string of the molecule is O=C(O)CNC[C@@H]1CCN(Cc2ccccc2)C1. The zero-order chi connectivity index (χ0) is 12.8. The van der Waals surface area contributed by atoms with Gasteiger partial charge in [0.05, 0.1) is 6.54 Å². The number of hydrogen-bond donors (Lipinski definition) is 2. The van der Waals surface area contributed by atoms with E-state index in [1.54, 1.807) is 0 Å². The summed E-state index contributed by atoms with van der Waals surface area (Å²) < 4.78 is 0. The Labute approximate surface area is 108 Å². The summed E-state index contributed by atoms with van der Waals surface area (Å²) in [6.45, 7) is 4.03. The molecule has 4 heteroatoms. The average Bonchev–Trinajstić information content (AvgIpc) is 2.78. The van der Waals surface area contributed by atoms with Gasteiger partial charge in [-0.3, -0.25) is 9.69 Å². The molecule has 0 unspecified atom stereocenters. The first-order valence-corrected chi connectivity index (χ1v) is 6.43. The number of hydrogen-bond acceptors (Lipinski definition) is 3. The Balaban J connectivity index is 1.70. The van der Waals surface area contributed by atoms with E-state index in [1.165, 1.54) is 5.56 Å². The number of carboxylic acid groups (broad SMARTS) is 1. The van der Waals surface area contributed by atoms with Crippen LogP contribution in [-0.2, 0) is 11.3 Å². The van der Waals surface area contributed by atoms with Gasteiger partial charge in [0.25, 0.3) is 0 Å². The summed E-state index contributed by atoms with van der Waals surface area (Å²) in [5, 5.41) is 11.5. The van der Waals surface area contributed by atoms with Crippen molar-refractivity contribution in [2.24, 2.45) is 5.92 Å². The lowest BCUT2D eigenvalue weighted by atomic mass is 10.1. The maximum absolute atomic E-state index is 10.4. The summed E-state index contributed by atoms with van der Waals surface area (Å²) in [7, 11) is 0. The zero-order valence-electron chi connectivity index (χ0n) is 10.5. The largest absolute Gasteiger partial charge is 0.480 e. The van der Waals surface area contributed by atoms with Gasteiger partial charge < -0.3 is 10.4 Å². The van der Waals surface area contributed by atoms with Crippen molar-refractivity contribution >= 4 is 5.97 Å². The van der Waals surface area contributed by atoms with Gasteiger partial charge in [-0.25, -0.2) is 0 Å². The van der Waals surface area contributed by atoms with Gasteiger partial charge in [0.15, 0.2) is 0 Å². The van der Waals surface area contributed by atoms with E-state index in [2.05, 4.69) is 34.5 Å². The number of benzene rings is 1. The van der Waals surface area contributed by atoms with Crippen molar-refractivity contribution in [1.82, 2.24) is 10.2 Å². The molecular formula is C14H20N2O2. The predicted octanol–water partition coefficient (Wildman–Crippen LogP) is 1.18. The number of carbonyl (C=O) groups is 1. The fourth-order valence-corrected chi connectivity index (χ4v) is 2.45. The van der Waals surface area contributed by atoms with Crippen molar-refractivity contribution in [1.29, 1.82) is 0 Å². The normalized spacial score (nSPS) is 20.1. The topological polar surface area (TPSA) is 52.6 Å². The molecule has 1 aromatic carbocycles. The van der Waals surface area contributed by atoms with Gasteiger partial charge in [0.2, 0.25) is 0 Å². The Kier molecular flexibility index (Phi) is 4.73. The molecule has 0 amide bonds. The molecule has 1 fully saturated rings. The number of aliphatic carboxylic acids is 1. The van der Waals surface area contributed by atoms with Crippen LogP contribution in [-0.4, -0.2) is 42.2 Å². The monoisotopic (exact) mass is 248 g/mol. The van der Waals surface area contributed by atoms with E-state index < -0.39 is 5.97 Å². The second kappa shape index (κ2) is 6.52. The van der Waals surface area contributed by atoms with Crippen molar-refractivity contribution in [3.63, 3.8) is 0 Å². The van der Waals surface area contributed by atoms with E-state index in [-0.39, 0.29) is 6.54 Å². The highest BCUT2D eigenvalue weighted by atomic mass is 16.4. The van der Waals surface area contributed by atoms with E-state index in [4.69, 9.17) is 5.11 Å². The minimum absolute atomic E-state index is 0.0647. The van der Waals surface area contributed by atoms with Gasteiger partial charge >= 0.3 is 5.97 Å². The number of rotatable bonds is 6. The third kappa shape index (κ3) is 4.13. The molecule has 0 radical (unpaired) electrons. The molecule has 0 saturated carbocycles. The van der Waals surface area contributed by atoms with Crippen molar-refractivity contribution in [2.75, 3.05) is 26.2 Å². The maximum atomic E-state index is 10.4. The van der Waals surface area contributed by atoms with E-state index in [9.17, 15) is 4.79 Å². The molecule has 98 valence electrons. The Morgan fingerprint density at radius 2 is 2.17 bits per heavy atom. The minimum atomic E-state index is -0.783. The van der Waals surface area contributed by atoms with Gasteiger partial charge in [0.1, 0.15) is 0 Å². The van der Waals surface area contributed by atoms with Crippen LogP contribution >= 0.6 is 0 Å². The van der Waals surface area contributed by atoms with Crippen LogP contribution in [0.1, 0.15) is 12.0 Å². The fraction of sp³-hybridized carbons (Fsp3) is 0.500. The van der Waals surface area contributed by atoms with E-state index in [1.807, 2.05) is 6.07 Å². The third-order valence-corrected chi connectivity index (χ3v) is 3.33. The number of nitrogens with one attached hydrogen (secondary N) is 1. The van der Waals surface area contributed by atoms with Crippen LogP contribution in [0.3, 0.4) is 0 Å². The van der Waals surface area contributed by atoms with E-state index in [0.29, 0.717) is 5.92 Å². The lowest BCUT2D eigenvalue weighted by molar-refractivity contribution is -0.135. The third-order valence-electron chi connectivity index (χ3n) is 3.33. The lowest BCUT2D eigenvalue weighted by Crippen LogP contribution is -2.30. The molecule has 2 rings (SSSR count). The molecule has 0 bridgehead atoms. The smallest absolute Gasteiger partial charge is 0.317 e. The summed E-state index contributed by atoms with van der Waals surface area (Å²) in [4.78, 5) is 12.8. The number of nitrogens with zero attached hydrogens (tertiary/aromatic N) is 1. The Bertz CT molecular complexity index is 381. The molecule has 1 atom stereocenters. The molecule has 1 saturated heterocycles. The van der Waals surface area contributed by atoms with Gasteiger partial charge in [-0.2, -0.15) is 0 Å². The van der Waals surface area contributed by atoms with Crippen molar-refractivity contribution in [2.45, 2.75) is 13.0 Å². The molecule has 1 heterocycles. The standard InChI is InChI=1S/C14H20N2O2/c17-14(18)9-15-8-13-6-7-16(11-13)10-12-4-2-1-3-5-12/h1-5,13,15H,6-11H2,(H,17,18)/t13-/m0/s1. The van der Waals surface area contributed by atoms with Crippen molar-refractivity contribution < 1.29 is 9.90 Å². The molecule has 1 aromatic rings. The molecule has 18 heavy (non-hydrogen) atoms. The van der Waals surface area contributed by atoms with Gasteiger partial charge in [-0.15, -0.1) is 0 Å². The van der Waals surface area contributed by atoms with E-state index >= 15 is 0 Å². The molecule has 1 aliphatic rings. The van der Waals surface area contributed by atoms with Crippen LogP contribution in [0.2, 0.25) is 0 Å². The van der Waals surface area contributed by atoms with Crippen LogP contribution in [0, 0.1) is 5.92 Å². The quantitative estimate of drug-likeness (QED) is 0.794. The Morgan fingerprint density at radius 3 is 2.89 bits per heavy atom. The maximum Gasteiger partial charge on any atom is 0.317 e. The first-order chi connectivity index (χ1) is 8.74. The Morgan fingerprint density at radius 1 is 1.39 bits per heavy atom. The van der Waals surface area contributed by atoms with Crippen LogP contribution < -0.4 is 5.32 Å². The van der Waals surface area contributed by atoms with E-state index in [0.717, 1.165) is 32.6 Å². The number of carboxylic acids is 1. The summed E-state index contributed by atoms with van der Waals surface area (Å²) >= 11 is 0. The van der Waals surface area contributed by atoms with Gasteiger partial charge in [-0.05, 0) is 31.0 Å². The second-order valence-corrected chi connectivity index (χ2v) is 4.90. The minimum Gasteiger partial charge on any atom is -0.480 e. The highest BCUT2D eigenvalue weighted by Gasteiger charge is 2.21. The fourth-order valence-electron chi connectivity index (χ4n) is 2.45. The summed E-state index contributed by atoms with van der Waals surface area (Å²) in [5.41, 5.74) is 1.34. The highest BCUT2D eigenvalue weighted by molar-refractivity contribution is 5.68. The second-order valence-electron chi connectivity index (χ2n) is 4.90. The van der Waals surface area contributed by atoms with Gasteiger partial charge in [-0.1, -0.05) is 30.3 Å². The molecule has 0 aromatic heterocycles. The molecule has 0 spiro atoms. The molecular weight excluding hydrogens is 228 g/mol. The highest BCUT2D eigenvalue weighted by Crippen LogP contribution is 2.17. The lowest BCUT2D eigenvalue weighted by Gasteiger charge is -2.16. The molecule has 2 N–H and O–H groups in total. The van der Waals surface area contributed by atoms with Crippen LogP contribution in [0.25, 0.3) is 0 Å². The summed E-state index contributed by atoms with van der Waals surface area (Å²) in [5.74, 6) is -0.206. The first-order valence-electron chi connectivity index (χ1n) is 6.43. The van der Waals surface area contributed by atoms with Crippen molar-refractivity contribution in [3.8, 4) is 0 Å². The Hall–Kier alpha value is -1.39.